The second kappa shape index (κ2) is 10.7. The molecule has 35 heavy (non-hydrogen) atoms. The molecule has 11 heteroatoms. The van der Waals surface area contributed by atoms with Crippen LogP contribution in [0, 0.1) is 5.41 Å². The van der Waals surface area contributed by atoms with E-state index in [0.717, 1.165) is 25.7 Å². The van der Waals surface area contributed by atoms with Crippen molar-refractivity contribution in [1.82, 2.24) is 25.3 Å². The minimum atomic E-state index is -1.65. The molecule has 0 radical (unpaired) electrons. The van der Waals surface area contributed by atoms with Gasteiger partial charge in [0, 0.05) is 45.2 Å². The van der Waals surface area contributed by atoms with Gasteiger partial charge in [-0.15, -0.1) is 0 Å². The number of ketones is 1. The van der Waals surface area contributed by atoms with Crippen LogP contribution in [0.25, 0.3) is 0 Å². The van der Waals surface area contributed by atoms with Crippen LogP contribution in [0.1, 0.15) is 65.7 Å². The number of anilines is 1. The second-order valence-corrected chi connectivity index (χ2v) is 10.1. The maximum absolute atomic E-state index is 14.0. The maximum atomic E-state index is 14.0. The molecule has 2 saturated carbocycles. The van der Waals surface area contributed by atoms with Crippen LogP contribution in [0.3, 0.4) is 0 Å². The maximum Gasteiger partial charge on any atom is 0.318 e. The molecule has 2 aliphatic rings. The molecule has 3 N–H and O–H groups in total. The average Bonchev–Trinajstić information content (AvgIpc) is 3.40. The number of halogens is 1. The van der Waals surface area contributed by atoms with E-state index in [1.807, 2.05) is 13.8 Å². The fourth-order valence-corrected chi connectivity index (χ4v) is 5.12. The van der Waals surface area contributed by atoms with Gasteiger partial charge in [-0.2, -0.15) is 5.10 Å². The van der Waals surface area contributed by atoms with Crippen LogP contribution in [0.4, 0.5) is 15.0 Å². The molecule has 0 bridgehead atoms. The molecule has 0 saturated heterocycles. The summed E-state index contributed by atoms with van der Waals surface area (Å²) < 4.78 is 15.5. The molecule has 1 unspecified atom stereocenters. The molecule has 4 amide bonds. The standard InChI is InChI=1S/C24H37FN6O4/c1-5-31(6-2)22(35)26-17(15-23(3)10-7-8-11-23)20(33)28-24(13-16(25)14-24)19(32)21(34)27-18-9-12-30(4)29-18/h9,12,16-17H,5-8,10-11,13-15H2,1-4H3,(H,26,35)(H,28,33)(H,27,29,34). The first-order valence-corrected chi connectivity index (χ1v) is 12.4. The number of aromatic nitrogens is 2. The SMILES string of the molecule is CCN(CC)C(=O)NC(CC1(C)CCCC1)C(=O)NC1(C(=O)C(=O)Nc2ccn(C)n2)CC(F)C1. The number of nitrogens with one attached hydrogen (secondary N) is 3. The average molecular weight is 493 g/mol. The molecule has 194 valence electrons. The summed E-state index contributed by atoms with van der Waals surface area (Å²) in [5, 5.41) is 11.9. The number of carbonyl (C=O) groups is 4. The van der Waals surface area contributed by atoms with Crippen molar-refractivity contribution in [2.75, 3.05) is 18.4 Å². The lowest BCUT2D eigenvalue weighted by atomic mass is 9.71. The third-order valence-electron chi connectivity index (χ3n) is 7.27. The van der Waals surface area contributed by atoms with Crippen LogP contribution in [0.2, 0.25) is 0 Å². The number of rotatable bonds is 10. The van der Waals surface area contributed by atoms with Crippen LogP contribution in [-0.2, 0) is 21.4 Å². The van der Waals surface area contributed by atoms with E-state index in [2.05, 4.69) is 28.0 Å². The van der Waals surface area contributed by atoms with Crippen molar-refractivity contribution < 1.29 is 23.6 Å². The van der Waals surface area contributed by atoms with Gasteiger partial charge in [0.25, 0.3) is 5.91 Å². The third-order valence-corrected chi connectivity index (χ3v) is 7.27. The molecule has 0 aliphatic heterocycles. The quantitative estimate of drug-likeness (QED) is 0.432. The Labute approximate surface area is 205 Å². The van der Waals surface area contributed by atoms with Gasteiger partial charge >= 0.3 is 6.03 Å². The van der Waals surface area contributed by atoms with Crippen LogP contribution < -0.4 is 16.0 Å². The van der Waals surface area contributed by atoms with E-state index in [4.69, 9.17) is 0 Å². The zero-order valence-electron chi connectivity index (χ0n) is 21.0. The number of nitrogens with zero attached hydrogens (tertiary/aromatic N) is 3. The fourth-order valence-electron chi connectivity index (χ4n) is 5.12. The number of Topliss-reactive ketones (excluding diaryl/α,β-unsaturated/α-hetero) is 1. The highest BCUT2D eigenvalue weighted by Gasteiger charge is 2.54. The Morgan fingerprint density at radius 3 is 2.34 bits per heavy atom. The number of alkyl halides is 1. The molecular weight excluding hydrogens is 455 g/mol. The lowest BCUT2D eigenvalue weighted by Gasteiger charge is -2.43. The Morgan fingerprint density at radius 2 is 1.83 bits per heavy atom. The summed E-state index contributed by atoms with van der Waals surface area (Å²) in [6.07, 6.45) is 4.08. The Morgan fingerprint density at radius 1 is 1.20 bits per heavy atom. The van der Waals surface area contributed by atoms with Crippen molar-refractivity contribution >= 4 is 29.4 Å². The summed E-state index contributed by atoms with van der Waals surface area (Å²) in [6.45, 7) is 6.74. The minimum Gasteiger partial charge on any atom is -0.341 e. The highest BCUT2D eigenvalue weighted by atomic mass is 19.1. The first kappa shape index (κ1) is 26.6. The van der Waals surface area contributed by atoms with Gasteiger partial charge in [-0.05, 0) is 38.5 Å². The van der Waals surface area contributed by atoms with Gasteiger partial charge in [0.1, 0.15) is 17.8 Å². The first-order chi connectivity index (χ1) is 16.5. The molecule has 2 aliphatic carbocycles. The van der Waals surface area contributed by atoms with Gasteiger partial charge < -0.3 is 20.9 Å². The number of amides is 4. The summed E-state index contributed by atoms with van der Waals surface area (Å²) in [7, 11) is 1.66. The van der Waals surface area contributed by atoms with Gasteiger partial charge in [-0.25, -0.2) is 9.18 Å². The lowest BCUT2D eigenvalue weighted by molar-refractivity contribution is -0.146. The summed E-state index contributed by atoms with van der Waals surface area (Å²) in [5.74, 6) is -2.29. The molecule has 10 nitrogen and oxygen atoms in total. The predicted octanol–water partition coefficient (Wildman–Crippen LogP) is 2.31. The molecule has 1 aromatic heterocycles. The number of urea groups is 1. The zero-order valence-corrected chi connectivity index (χ0v) is 21.0. The van der Waals surface area contributed by atoms with Crippen molar-refractivity contribution in [1.29, 1.82) is 0 Å². The smallest absolute Gasteiger partial charge is 0.318 e. The van der Waals surface area contributed by atoms with Crippen molar-refractivity contribution in [3.63, 3.8) is 0 Å². The Hall–Kier alpha value is -2.98. The van der Waals surface area contributed by atoms with Crippen molar-refractivity contribution in [3.05, 3.63) is 12.3 Å². The van der Waals surface area contributed by atoms with Crippen molar-refractivity contribution in [2.45, 2.75) is 83.5 Å². The normalized spacial score (nSPS) is 23.6. The van der Waals surface area contributed by atoms with Crippen LogP contribution in [-0.4, -0.2) is 69.2 Å². The number of carbonyl (C=O) groups excluding carboxylic acids is 4. The molecule has 3 rings (SSSR count). The lowest BCUT2D eigenvalue weighted by Crippen LogP contribution is -2.68. The monoisotopic (exact) mass is 492 g/mol. The summed E-state index contributed by atoms with van der Waals surface area (Å²) in [6, 6.07) is 0.242. The van der Waals surface area contributed by atoms with E-state index < -0.39 is 35.4 Å². The predicted molar refractivity (Wildman–Crippen MR) is 128 cm³/mol. The highest BCUT2D eigenvalue weighted by molar-refractivity contribution is 6.44. The minimum absolute atomic E-state index is 0.131. The Balaban J connectivity index is 1.77. The Kier molecular flexibility index (Phi) is 8.17. The van der Waals surface area contributed by atoms with Crippen molar-refractivity contribution in [3.8, 4) is 0 Å². The van der Waals surface area contributed by atoms with E-state index in [-0.39, 0.29) is 30.1 Å². The molecular formula is C24H37FN6O4. The molecule has 1 atom stereocenters. The number of aryl methyl sites for hydroxylation is 1. The van der Waals surface area contributed by atoms with Crippen LogP contribution in [0.15, 0.2) is 12.3 Å². The first-order valence-electron chi connectivity index (χ1n) is 12.4. The third kappa shape index (κ3) is 6.18. The van der Waals surface area contributed by atoms with Gasteiger partial charge in [-0.3, -0.25) is 19.1 Å². The van der Waals surface area contributed by atoms with E-state index in [1.54, 1.807) is 18.1 Å². The van der Waals surface area contributed by atoms with Crippen LogP contribution >= 0.6 is 0 Å². The van der Waals surface area contributed by atoms with Crippen molar-refractivity contribution in [2.24, 2.45) is 12.5 Å². The number of hydrogen-bond acceptors (Lipinski definition) is 5. The molecule has 0 aromatic carbocycles. The topological polar surface area (TPSA) is 125 Å². The largest absolute Gasteiger partial charge is 0.341 e. The van der Waals surface area contributed by atoms with Gasteiger partial charge in [0.2, 0.25) is 11.7 Å². The molecule has 1 aromatic rings. The molecule has 0 spiro atoms. The van der Waals surface area contributed by atoms with Gasteiger partial charge in [0.05, 0.1) is 0 Å². The number of hydrogen-bond donors (Lipinski definition) is 3. The zero-order chi connectivity index (χ0) is 25.8. The molecule has 1 heterocycles. The Bertz CT molecular complexity index is 948. The van der Waals surface area contributed by atoms with E-state index in [9.17, 15) is 23.6 Å². The van der Waals surface area contributed by atoms with E-state index in [1.165, 1.54) is 10.7 Å². The fraction of sp³-hybridized carbons (Fsp3) is 0.708. The van der Waals surface area contributed by atoms with Gasteiger partial charge in [-0.1, -0.05) is 19.8 Å². The molecule has 2 fully saturated rings. The summed E-state index contributed by atoms with van der Waals surface area (Å²) in [5.41, 5.74) is -1.78. The summed E-state index contributed by atoms with van der Waals surface area (Å²) >= 11 is 0. The van der Waals surface area contributed by atoms with Crippen LogP contribution in [0.5, 0.6) is 0 Å². The van der Waals surface area contributed by atoms with E-state index in [0.29, 0.717) is 19.5 Å². The van der Waals surface area contributed by atoms with Gasteiger partial charge in [0.15, 0.2) is 5.82 Å². The summed E-state index contributed by atoms with van der Waals surface area (Å²) in [4.78, 5) is 53.5. The van der Waals surface area contributed by atoms with E-state index >= 15 is 0 Å². The second-order valence-electron chi connectivity index (χ2n) is 10.1. The highest BCUT2D eigenvalue weighted by Crippen LogP contribution is 2.42.